The van der Waals surface area contributed by atoms with E-state index in [1.54, 1.807) is 0 Å². The highest BCUT2D eigenvalue weighted by Crippen LogP contribution is 2.48. The van der Waals surface area contributed by atoms with Gasteiger partial charge in [-0.1, -0.05) is 0 Å². The summed E-state index contributed by atoms with van der Waals surface area (Å²) < 4.78 is 177. The van der Waals surface area contributed by atoms with Crippen molar-refractivity contribution in [1.82, 2.24) is 0 Å². The zero-order chi connectivity index (χ0) is 41.1. The van der Waals surface area contributed by atoms with Crippen molar-refractivity contribution >= 4 is 101 Å². The first kappa shape index (κ1) is 43.3. The van der Waals surface area contributed by atoms with E-state index in [2.05, 4.69) is 28.8 Å². The molecule has 0 aliphatic heterocycles. The van der Waals surface area contributed by atoms with E-state index in [9.17, 15) is 60.5 Å². The topological polar surface area (TPSA) is 386 Å². The summed E-state index contributed by atoms with van der Waals surface area (Å²) in [5, 5.41) is 25.5. The highest BCUT2D eigenvalue weighted by atomic mass is 32.3. The summed E-state index contributed by atoms with van der Waals surface area (Å²) in [5.41, 5.74) is 3.81. The molecule has 6 N–H and O–H groups in total. The van der Waals surface area contributed by atoms with Gasteiger partial charge in [-0.2, -0.15) is 35.5 Å². The summed E-state index contributed by atoms with van der Waals surface area (Å²) in [5.74, 6) is -2.65. The zero-order valence-corrected chi connectivity index (χ0v) is 31.8. The number of nitrogens with zero attached hydrogens (tertiary/aromatic N) is 4. The van der Waals surface area contributed by atoms with Gasteiger partial charge in [-0.15, -0.1) is 10.2 Å². The molecule has 4 aromatic rings. The molecule has 0 aliphatic rings. The molecule has 0 heterocycles. The maximum atomic E-state index is 12.4. The Labute approximate surface area is 314 Å². The second kappa shape index (κ2) is 16.4. The van der Waals surface area contributed by atoms with Gasteiger partial charge >= 0.3 is 20.8 Å². The second-order valence-electron chi connectivity index (χ2n) is 10.5. The molecular formula is C26H24N5O18S6-. The van der Waals surface area contributed by atoms with Crippen LogP contribution in [0.3, 0.4) is 0 Å². The summed E-state index contributed by atoms with van der Waals surface area (Å²) in [4.78, 5) is -2.39. The molecule has 1 atom stereocenters. The fraction of sp³-hybridized carbons (Fsp3) is 0.154. The standard InChI is InChI=1S/C26H25N5O18S6/c27-23-22-15(14-21(53(39,40)41)25(23)31-29-17-3-7-19(8-4-17)52(37,38)12-10-49-55(45,46)47)13-20(50(33)34)24(26(22)32)30-28-16-1-5-18(6-2-16)51(35,36)11-9-48-54(42,43)44/h1-8,13-14,32H,9-12,27H2,(H,33,34)(H,39,40,41)(H,42,43,44)(H,45,46,47)/p-1. The van der Waals surface area contributed by atoms with Crippen LogP contribution in [0.1, 0.15) is 0 Å². The van der Waals surface area contributed by atoms with Crippen LogP contribution in [0, 0.1) is 0 Å². The van der Waals surface area contributed by atoms with E-state index in [0.717, 1.165) is 60.7 Å². The second-order valence-corrected chi connectivity index (χ2v) is 19.2. The van der Waals surface area contributed by atoms with Gasteiger partial charge in [0.15, 0.2) is 25.4 Å². The summed E-state index contributed by atoms with van der Waals surface area (Å²) in [6.07, 6.45) is 0. The fourth-order valence-electron chi connectivity index (χ4n) is 4.42. The van der Waals surface area contributed by atoms with Crippen molar-refractivity contribution in [2.75, 3.05) is 30.5 Å². The van der Waals surface area contributed by atoms with Crippen molar-refractivity contribution in [2.24, 2.45) is 20.5 Å². The minimum atomic E-state index is -5.18. The molecule has 23 nitrogen and oxygen atoms in total. The summed E-state index contributed by atoms with van der Waals surface area (Å²) in [6, 6.07) is 10.1. The van der Waals surface area contributed by atoms with Crippen LogP contribution in [-0.4, -0.2) is 94.3 Å². The smallest absolute Gasteiger partial charge is 0.397 e. The lowest BCUT2D eigenvalue weighted by molar-refractivity contribution is 0.282. The third-order valence-electron chi connectivity index (χ3n) is 6.86. The van der Waals surface area contributed by atoms with Gasteiger partial charge in [0.05, 0.1) is 61.9 Å². The molecule has 0 spiro atoms. The third-order valence-corrected chi connectivity index (χ3v) is 12.7. The predicted octanol–water partition coefficient (Wildman–Crippen LogP) is 2.63. The highest BCUT2D eigenvalue weighted by Gasteiger charge is 2.25. The van der Waals surface area contributed by atoms with Crippen LogP contribution in [-0.2, 0) is 70.0 Å². The van der Waals surface area contributed by atoms with Gasteiger partial charge in [0.1, 0.15) is 16.3 Å². The van der Waals surface area contributed by atoms with Crippen molar-refractivity contribution in [3.63, 3.8) is 0 Å². The lowest BCUT2D eigenvalue weighted by atomic mass is 10.1. The Morgan fingerprint density at radius 3 is 1.45 bits per heavy atom. The number of hydrogen-bond donors (Lipinski definition) is 5. The molecular weight excluding hydrogens is 863 g/mol. The molecule has 1 unspecified atom stereocenters. The monoisotopic (exact) mass is 886 g/mol. The molecule has 29 heteroatoms. The number of anilines is 1. The number of nitrogens with two attached hydrogens (primary N) is 1. The van der Waals surface area contributed by atoms with Crippen LogP contribution in [0.25, 0.3) is 10.8 Å². The molecule has 0 bridgehead atoms. The Bertz CT molecular complexity index is 2790. The molecule has 0 saturated heterocycles. The molecule has 55 heavy (non-hydrogen) atoms. The van der Waals surface area contributed by atoms with Crippen LogP contribution in [0.2, 0.25) is 0 Å². The lowest BCUT2D eigenvalue weighted by Gasteiger charge is -2.16. The molecule has 0 fully saturated rings. The van der Waals surface area contributed by atoms with Crippen LogP contribution >= 0.6 is 0 Å². The fourth-order valence-corrected chi connectivity index (χ4v) is 8.59. The number of rotatable bonds is 16. The van der Waals surface area contributed by atoms with Crippen molar-refractivity contribution in [2.45, 2.75) is 19.6 Å². The number of hydrogen-bond acceptors (Lipinski definition) is 20. The van der Waals surface area contributed by atoms with E-state index >= 15 is 0 Å². The minimum absolute atomic E-state index is 0.0929. The summed E-state index contributed by atoms with van der Waals surface area (Å²) in [6.45, 7) is -1.79. The Hall–Kier alpha value is -4.40. The van der Waals surface area contributed by atoms with E-state index in [1.165, 1.54) is 0 Å². The van der Waals surface area contributed by atoms with E-state index < -0.39 is 124 Å². The quantitative estimate of drug-likeness (QED) is 0.0467. The largest absolute Gasteiger partial charge is 0.768 e. The number of sulfone groups is 2. The summed E-state index contributed by atoms with van der Waals surface area (Å²) in [7, 11) is -23.2. The van der Waals surface area contributed by atoms with Gasteiger partial charge in [-0.25, -0.2) is 25.2 Å². The molecule has 0 aliphatic carbocycles. The Kier molecular flexibility index (Phi) is 12.9. The van der Waals surface area contributed by atoms with Gasteiger partial charge in [0, 0.05) is 0 Å². The van der Waals surface area contributed by atoms with E-state index in [-0.39, 0.29) is 26.6 Å². The van der Waals surface area contributed by atoms with E-state index in [1.807, 2.05) is 0 Å². The predicted molar refractivity (Wildman–Crippen MR) is 187 cm³/mol. The van der Waals surface area contributed by atoms with Crippen LogP contribution < -0.4 is 5.73 Å². The van der Waals surface area contributed by atoms with Crippen molar-refractivity contribution in [1.29, 1.82) is 0 Å². The highest BCUT2D eigenvalue weighted by molar-refractivity contribution is 7.91. The van der Waals surface area contributed by atoms with Gasteiger partial charge in [-0.3, -0.25) is 17.9 Å². The number of nitrogen functional groups attached to an aromatic ring is 1. The molecule has 4 aromatic carbocycles. The first-order chi connectivity index (χ1) is 25.3. The maximum absolute atomic E-state index is 12.4. The van der Waals surface area contributed by atoms with Gasteiger partial charge in [0.2, 0.25) is 0 Å². The first-order valence-electron chi connectivity index (χ1n) is 14.2. The van der Waals surface area contributed by atoms with Crippen molar-refractivity contribution in [3.05, 3.63) is 60.7 Å². The number of azo groups is 2. The molecule has 4 rings (SSSR count). The molecule has 298 valence electrons. The minimum Gasteiger partial charge on any atom is -0.768 e. The maximum Gasteiger partial charge on any atom is 0.397 e. The Morgan fingerprint density at radius 2 is 1.07 bits per heavy atom. The number of fused-ring (bicyclic) bond motifs is 1. The van der Waals surface area contributed by atoms with E-state index in [4.69, 9.17) is 14.8 Å². The average Bonchev–Trinajstić information content (AvgIpc) is 3.05. The van der Waals surface area contributed by atoms with Crippen molar-refractivity contribution in [3.8, 4) is 5.75 Å². The Morgan fingerprint density at radius 1 is 0.655 bits per heavy atom. The van der Waals surface area contributed by atoms with Crippen LogP contribution in [0.4, 0.5) is 28.4 Å². The molecule has 0 aromatic heterocycles. The number of benzene rings is 4. The van der Waals surface area contributed by atoms with Gasteiger partial charge in [-0.05, 0) is 77.1 Å². The molecule has 0 radical (unpaired) electrons. The number of aromatic hydroxyl groups is 1. The zero-order valence-electron chi connectivity index (χ0n) is 26.9. The molecule has 0 amide bonds. The number of phenolic OH excluding ortho intramolecular Hbond substituents is 1. The first-order valence-corrected chi connectivity index (χ1v) is 22.8. The number of phenols is 1. The Balaban J connectivity index is 1.72. The van der Waals surface area contributed by atoms with Crippen molar-refractivity contribution < 1.29 is 78.0 Å². The van der Waals surface area contributed by atoms with E-state index in [0.29, 0.717) is 0 Å². The van der Waals surface area contributed by atoms with Crippen LogP contribution in [0.5, 0.6) is 5.75 Å². The third kappa shape index (κ3) is 11.3. The molecule has 0 saturated carbocycles. The van der Waals surface area contributed by atoms with Gasteiger partial charge in [0.25, 0.3) is 10.1 Å². The normalized spacial score (nSPS) is 13.9. The summed E-state index contributed by atoms with van der Waals surface area (Å²) >= 11 is -3.17. The average molecular weight is 887 g/mol. The SMILES string of the molecule is Nc1c(N=Nc2ccc(S(=O)(=O)CCOS(=O)(=O)O)cc2)c(S(=O)(=O)O)cc2cc(S(=O)[O-])c(N=Nc3ccc(S(=O)(=O)CCOS(=O)(=O)O)cc3)c(O)c12. The van der Waals surface area contributed by atoms with Crippen LogP contribution in [0.15, 0.2) is 101 Å². The lowest BCUT2D eigenvalue weighted by Crippen LogP contribution is -2.15. The van der Waals surface area contributed by atoms with Gasteiger partial charge < -0.3 is 15.4 Å².